The number of nitrogens with one attached hydrogen (secondary N) is 1. The Hall–Kier alpha value is -3.15. The molecular formula is C21H24N4O2. The minimum Gasteiger partial charge on any atom is -0.483 e. The predicted octanol–water partition coefficient (Wildman–Crippen LogP) is 3.89. The number of ether oxygens (including phenoxy) is 1. The molecule has 0 radical (unpaired) electrons. The number of pyridine rings is 1. The number of nitrogens with zero attached hydrogens (tertiary/aromatic N) is 3. The maximum absolute atomic E-state index is 12.4. The Labute approximate surface area is 159 Å². The topological polar surface area (TPSA) is 69.0 Å². The van der Waals surface area contributed by atoms with Gasteiger partial charge in [-0.25, -0.2) is 4.98 Å². The van der Waals surface area contributed by atoms with Crippen LogP contribution >= 0.6 is 0 Å². The summed E-state index contributed by atoms with van der Waals surface area (Å²) in [5, 5.41) is 7.52. The first kappa shape index (κ1) is 18.6. The highest BCUT2D eigenvalue weighted by molar-refractivity contribution is 5.91. The molecule has 0 unspecified atom stereocenters. The Balaban J connectivity index is 1.80. The molecule has 1 N–H and O–H groups in total. The lowest BCUT2D eigenvalue weighted by Gasteiger charge is -2.13. The van der Waals surface area contributed by atoms with Gasteiger partial charge in [0.25, 0.3) is 5.91 Å². The van der Waals surface area contributed by atoms with Crippen LogP contribution in [0, 0.1) is 6.92 Å². The van der Waals surface area contributed by atoms with E-state index in [0.717, 1.165) is 11.3 Å². The van der Waals surface area contributed by atoms with Crippen molar-refractivity contribution in [3.8, 4) is 11.6 Å². The van der Waals surface area contributed by atoms with E-state index in [1.807, 2.05) is 55.5 Å². The average molecular weight is 364 g/mol. The number of hydrogen-bond donors (Lipinski definition) is 1. The van der Waals surface area contributed by atoms with Crippen molar-refractivity contribution in [1.82, 2.24) is 14.8 Å². The first-order valence-corrected chi connectivity index (χ1v) is 8.85. The average Bonchev–Trinajstić information content (AvgIpc) is 3.06. The van der Waals surface area contributed by atoms with E-state index in [-0.39, 0.29) is 17.9 Å². The lowest BCUT2D eigenvalue weighted by atomic mass is 9.92. The van der Waals surface area contributed by atoms with Gasteiger partial charge in [0.1, 0.15) is 11.6 Å². The summed E-state index contributed by atoms with van der Waals surface area (Å²) in [6, 6.07) is 15.0. The third-order valence-electron chi connectivity index (χ3n) is 4.06. The van der Waals surface area contributed by atoms with Gasteiger partial charge in [0.05, 0.1) is 5.69 Å². The van der Waals surface area contributed by atoms with Crippen molar-refractivity contribution in [2.45, 2.75) is 33.1 Å². The summed E-state index contributed by atoms with van der Waals surface area (Å²) >= 11 is 0. The van der Waals surface area contributed by atoms with Crippen molar-refractivity contribution in [2.24, 2.45) is 0 Å². The van der Waals surface area contributed by atoms with Crippen LogP contribution < -0.4 is 10.1 Å². The molecule has 1 aromatic carbocycles. The molecule has 3 aromatic rings. The van der Waals surface area contributed by atoms with Gasteiger partial charge in [-0.15, -0.1) is 0 Å². The Morgan fingerprint density at radius 1 is 1.15 bits per heavy atom. The van der Waals surface area contributed by atoms with Crippen LogP contribution in [0.25, 0.3) is 5.82 Å². The fourth-order valence-corrected chi connectivity index (χ4v) is 2.53. The monoisotopic (exact) mass is 364 g/mol. The molecule has 3 rings (SSSR count). The number of anilines is 1. The maximum atomic E-state index is 12.4. The van der Waals surface area contributed by atoms with Crippen LogP contribution in [0.5, 0.6) is 5.75 Å². The van der Waals surface area contributed by atoms with Crippen LogP contribution in [-0.2, 0) is 10.2 Å². The van der Waals surface area contributed by atoms with E-state index in [9.17, 15) is 4.79 Å². The number of carbonyl (C=O) groups excluding carboxylic acids is 1. The van der Waals surface area contributed by atoms with Crippen molar-refractivity contribution in [3.63, 3.8) is 0 Å². The zero-order valence-corrected chi connectivity index (χ0v) is 16.1. The van der Waals surface area contributed by atoms with Gasteiger partial charge in [-0.3, -0.25) is 4.79 Å². The highest BCUT2D eigenvalue weighted by Gasteiger charge is 2.22. The second kappa shape index (κ2) is 7.61. The number of para-hydroxylation sites is 1. The highest BCUT2D eigenvalue weighted by Crippen LogP contribution is 2.25. The van der Waals surface area contributed by atoms with Gasteiger partial charge in [-0.2, -0.15) is 9.78 Å². The summed E-state index contributed by atoms with van der Waals surface area (Å²) in [6.07, 6.45) is 1.70. The molecule has 6 heteroatoms. The van der Waals surface area contributed by atoms with Crippen LogP contribution in [-0.4, -0.2) is 27.3 Å². The summed E-state index contributed by atoms with van der Waals surface area (Å²) in [4.78, 5) is 16.8. The number of benzene rings is 1. The molecule has 6 nitrogen and oxygen atoms in total. The van der Waals surface area contributed by atoms with E-state index >= 15 is 0 Å². The second-order valence-corrected chi connectivity index (χ2v) is 7.37. The van der Waals surface area contributed by atoms with Crippen molar-refractivity contribution in [2.75, 3.05) is 11.9 Å². The quantitative estimate of drug-likeness (QED) is 0.746. The first-order valence-electron chi connectivity index (χ1n) is 8.85. The van der Waals surface area contributed by atoms with Crippen molar-refractivity contribution < 1.29 is 9.53 Å². The zero-order chi connectivity index (χ0) is 19.4. The molecule has 0 aliphatic carbocycles. The van der Waals surface area contributed by atoms with E-state index in [1.165, 1.54) is 0 Å². The standard InChI is InChI=1S/C21H24N4O2/c1-15-9-5-6-10-16(15)27-14-20(26)23-19-13-17(21(2,3)4)24-25(19)18-11-7-8-12-22-18/h5-13H,14H2,1-4H3,(H,23,26). The molecule has 27 heavy (non-hydrogen) atoms. The molecule has 0 aliphatic heterocycles. The number of amides is 1. The van der Waals surface area contributed by atoms with Gasteiger partial charge >= 0.3 is 0 Å². The molecule has 0 aliphatic rings. The largest absolute Gasteiger partial charge is 0.483 e. The summed E-state index contributed by atoms with van der Waals surface area (Å²) in [7, 11) is 0. The molecule has 2 aromatic heterocycles. The lowest BCUT2D eigenvalue weighted by molar-refractivity contribution is -0.118. The Morgan fingerprint density at radius 2 is 1.89 bits per heavy atom. The second-order valence-electron chi connectivity index (χ2n) is 7.37. The van der Waals surface area contributed by atoms with Crippen LogP contribution in [0.3, 0.4) is 0 Å². The van der Waals surface area contributed by atoms with Gasteiger partial charge in [-0.05, 0) is 30.7 Å². The molecule has 0 bridgehead atoms. The molecule has 0 fully saturated rings. The third kappa shape index (κ3) is 4.53. The maximum Gasteiger partial charge on any atom is 0.263 e. The van der Waals surface area contributed by atoms with Gasteiger partial charge in [0, 0.05) is 17.7 Å². The van der Waals surface area contributed by atoms with E-state index in [2.05, 4.69) is 36.2 Å². The van der Waals surface area contributed by atoms with Crippen LogP contribution in [0.4, 0.5) is 5.82 Å². The van der Waals surface area contributed by atoms with Crippen LogP contribution in [0.15, 0.2) is 54.7 Å². The van der Waals surface area contributed by atoms with Crippen LogP contribution in [0.1, 0.15) is 32.0 Å². The number of aryl methyl sites for hydroxylation is 1. The third-order valence-corrected chi connectivity index (χ3v) is 4.06. The normalized spacial score (nSPS) is 11.3. The van der Waals surface area contributed by atoms with E-state index in [1.54, 1.807) is 10.9 Å². The van der Waals surface area contributed by atoms with E-state index in [0.29, 0.717) is 17.4 Å². The summed E-state index contributed by atoms with van der Waals surface area (Å²) < 4.78 is 7.28. The summed E-state index contributed by atoms with van der Waals surface area (Å²) in [5.41, 5.74) is 1.69. The van der Waals surface area contributed by atoms with Crippen molar-refractivity contribution >= 4 is 11.7 Å². The lowest BCUT2D eigenvalue weighted by Crippen LogP contribution is -2.22. The summed E-state index contributed by atoms with van der Waals surface area (Å²) in [5.74, 6) is 1.65. The van der Waals surface area contributed by atoms with Gasteiger partial charge < -0.3 is 10.1 Å². The zero-order valence-electron chi connectivity index (χ0n) is 16.1. The highest BCUT2D eigenvalue weighted by atomic mass is 16.5. The minimum absolute atomic E-state index is 0.0803. The Kier molecular flexibility index (Phi) is 5.26. The first-order chi connectivity index (χ1) is 12.8. The number of rotatable bonds is 5. The molecule has 0 saturated heterocycles. The van der Waals surface area contributed by atoms with Gasteiger partial charge in [-0.1, -0.05) is 45.0 Å². The Bertz CT molecular complexity index is 927. The fourth-order valence-electron chi connectivity index (χ4n) is 2.53. The van der Waals surface area contributed by atoms with Crippen molar-refractivity contribution in [3.05, 3.63) is 66.0 Å². The number of aromatic nitrogens is 3. The molecule has 0 spiro atoms. The summed E-state index contributed by atoms with van der Waals surface area (Å²) in [6.45, 7) is 8.09. The molecule has 1 amide bonds. The molecule has 0 atom stereocenters. The van der Waals surface area contributed by atoms with E-state index < -0.39 is 0 Å². The van der Waals surface area contributed by atoms with Crippen LogP contribution in [0.2, 0.25) is 0 Å². The molecule has 140 valence electrons. The van der Waals surface area contributed by atoms with Crippen molar-refractivity contribution in [1.29, 1.82) is 0 Å². The number of hydrogen-bond acceptors (Lipinski definition) is 4. The smallest absolute Gasteiger partial charge is 0.263 e. The Morgan fingerprint density at radius 3 is 2.56 bits per heavy atom. The van der Waals surface area contributed by atoms with Gasteiger partial charge in [0.15, 0.2) is 12.4 Å². The molecule has 2 heterocycles. The SMILES string of the molecule is Cc1ccccc1OCC(=O)Nc1cc(C(C)(C)C)nn1-c1ccccn1. The molecule has 0 saturated carbocycles. The number of carbonyl (C=O) groups is 1. The predicted molar refractivity (Wildman–Crippen MR) is 105 cm³/mol. The van der Waals surface area contributed by atoms with E-state index in [4.69, 9.17) is 4.74 Å². The fraction of sp³-hybridized carbons (Fsp3) is 0.286. The molecular weight excluding hydrogens is 340 g/mol. The van der Waals surface area contributed by atoms with Gasteiger partial charge in [0.2, 0.25) is 0 Å². The minimum atomic E-state index is -0.254.